The Bertz CT molecular complexity index is 957. The number of hydrogen-bond donors (Lipinski definition) is 3. The maximum atomic E-state index is 12.5. The molecule has 0 spiro atoms. The van der Waals surface area contributed by atoms with Crippen LogP contribution >= 0.6 is 23.6 Å². The zero-order chi connectivity index (χ0) is 16.4. The molecule has 0 fully saturated rings. The Morgan fingerprint density at radius 2 is 2.17 bits per heavy atom. The minimum Gasteiger partial charge on any atom is -0.344 e. The Labute approximate surface area is 141 Å². The van der Waals surface area contributed by atoms with Gasteiger partial charge < -0.3 is 10.3 Å². The third-order valence-electron chi connectivity index (χ3n) is 3.60. The number of aromatic amines is 2. The third kappa shape index (κ3) is 3.25. The number of fused-ring (bicyclic) bond motifs is 1. The standard InChI is InChI=1S/C16H15N3O2S2/c1-2-11(13-4-3-7-23-13)17-14(20)9-5-6-10-12(8-9)18-16(22)19-15(10)21/h3-8,11H,2H2,1H3,(H,17,20)(H2,18,19,21,22)/t11-/m0/s1. The van der Waals surface area contributed by atoms with Crippen molar-refractivity contribution in [3.8, 4) is 0 Å². The van der Waals surface area contributed by atoms with Crippen LogP contribution in [-0.4, -0.2) is 15.9 Å². The van der Waals surface area contributed by atoms with E-state index in [4.69, 9.17) is 12.2 Å². The lowest BCUT2D eigenvalue weighted by molar-refractivity contribution is 0.0936. The van der Waals surface area contributed by atoms with Crippen molar-refractivity contribution < 1.29 is 4.79 Å². The number of amides is 1. The van der Waals surface area contributed by atoms with Crippen molar-refractivity contribution in [1.82, 2.24) is 15.3 Å². The van der Waals surface area contributed by atoms with Crippen LogP contribution in [0.3, 0.4) is 0 Å². The maximum Gasteiger partial charge on any atom is 0.259 e. The topological polar surface area (TPSA) is 77.8 Å². The Morgan fingerprint density at radius 3 is 2.87 bits per heavy atom. The Balaban J connectivity index is 1.92. The molecule has 1 atom stereocenters. The zero-order valence-electron chi connectivity index (χ0n) is 12.4. The van der Waals surface area contributed by atoms with E-state index in [9.17, 15) is 9.59 Å². The lowest BCUT2D eigenvalue weighted by atomic mass is 10.1. The summed E-state index contributed by atoms with van der Waals surface area (Å²) >= 11 is 6.59. The molecule has 23 heavy (non-hydrogen) atoms. The van der Waals surface area contributed by atoms with Crippen molar-refractivity contribution in [2.75, 3.05) is 0 Å². The summed E-state index contributed by atoms with van der Waals surface area (Å²) in [5.74, 6) is -0.174. The van der Waals surface area contributed by atoms with Gasteiger partial charge in [0.1, 0.15) is 0 Å². The van der Waals surface area contributed by atoms with Gasteiger partial charge in [-0.15, -0.1) is 11.3 Å². The molecule has 3 aromatic rings. The van der Waals surface area contributed by atoms with Crippen molar-refractivity contribution in [2.45, 2.75) is 19.4 Å². The molecule has 5 nitrogen and oxygen atoms in total. The van der Waals surface area contributed by atoms with Crippen LogP contribution in [0.4, 0.5) is 0 Å². The number of hydrogen-bond acceptors (Lipinski definition) is 4. The van der Waals surface area contributed by atoms with Crippen molar-refractivity contribution >= 4 is 40.4 Å². The smallest absolute Gasteiger partial charge is 0.259 e. The summed E-state index contributed by atoms with van der Waals surface area (Å²) in [4.78, 5) is 30.9. The average molecular weight is 345 g/mol. The summed E-state index contributed by atoms with van der Waals surface area (Å²) in [6.07, 6.45) is 0.807. The number of benzene rings is 1. The number of thiophene rings is 1. The van der Waals surface area contributed by atoms with E-state index >= 15 is 0 Å². The first-order valence-electron chi connectivity index (χ1n) is 7.19. The first-order chi connectivity index (χ1) is 11.1. The van der Waals surface area contributed by atoms with E-state index < -0.39 is 0 Å². The molecule has 0 aliphatic rings. The number of rotatable bonds is 4. The molecule has 2 heterocycles. The minimum absolute atomic E-state index is 0.0177. The Kier molecular flexibility index (Phi) is 4.40. The summed E-state index contributed by atoms with van der Waals surface area (Å²) in [6, 6.07) is 8.88. The van der Waals surface area contributed by atoms with Crippen LogP contribution in [0.2, 0.25) is 0 Å². The third-order valence-corrected chi connectivity index (χ3v) is 4.79. The zero-order valence-corrected chi connectivity index (χ0v) is 14.0. The minimum atomic E-state index is -0.263. The molecule has 0 saturated carbocycles. The molecule has 0 unspecified atom stereocenters. The molecule has 0 aliphatic carbocycles. The average Bonchev–Trinajstić information content (AvgIpc) is 3.05. The molecule has 7 heteroatoms. The molecule has 0 aliphatic heterocycles. The molecule has 1 amide bonds. The van der Waals surface area contributed by atoms with Gasteiger partial charge in [-0.3, -0.25) is 14.6 Å². The molecule has 3 rings (SSSR count). The van der Waals surface area contributed by atoms with E-state index in [1.165, 1.54) is 0 Å². The highest BCUT2D eigenvalue weighted by atomic mass is 32.1. The van der Waals surface area contributed by atoms with Crippen molar-refractivity contribution in [2.24, 2.45) is 0 Å². The van der Waals surface area contributed by atoms with Crippen LogP contribution in [0, 0.1) is 4.77 Å². The number of H-pyrrole nitrogens is 2. The molecule has 3 N–H and O–H groups in total. The summed E-state index contributed by atoms with van der Waals surface area (Å²) in [5.41, 5.74) is 0.778. The molecule has 0 bridgehead atoms. The van der Waals surface area contributed by atoms with Gasteiger partial charge in [-0.05, 0) is 48.3 Å². The molecule has 118 valence electrons. The lowest BCUT2D eigenvalue weighted by Gasteiger charge is -2.15. The summed E-state index contributed by atoms with van der Waals surface area (Å²) in [5, 5.41) is 5.49. The predicted molar refractivity (Wildman–Crippen MR) is 94.6 cm³/mol. The highest BCUT2D eigenvalue weighted by molar-refractivity contribution is 7.71. The largest absolute Gasteiger partial charge is 0.344 e. The second-order valence-corrected chi connectivity index (χ2v) is 6.51. The SMILES string of the molecule is CC[C@H](NC(=O)c1ccc2c(=O)[nH]c(=S)[nH]c2c1)c1cccs1. The Hall–Kier alpha value is -2.25. The summed E-state index contributed by atoms with van der Waals surface area (Å²) < 4.78 is 0.241. The van der Waals surface area contributed by atoms with Gasteiger partial charge in [0.05, 0.1) is 16.9 Å². The van der Waals surface area contributed by atoms with E-state index in [-0.39, 0.29) is 22.3 Å². The first-order valence-corrected chi connectivity index (χ1v) is 8.48. The molecule has 0 radical (unpaired) electrons. The van der Waals surface area contributed by atoms with Gasteiger partial charge >= 0.3 is 0 Å². The molecule has 0 saturated heterocycles. The number of aromatic nitrogens is 2. The first kappa shape index (κ1) is 15.6. The predicted octanol–water partition coefficient (Wildman–Crippen LogP) is 3.53. The normalized spacial score (nSPS) is 12.2. The monoisotopic (exact) mass is 345 g/mol. The van der Waals surface area contributed by atoms with Gasteiger partial charge in [-0.25, -0.2) is 0 Å². The summed E-state index contributed by atoms with van der Waals surface area (Å²) in [6.45, 7) is 2.03. The van der Waals surface area contributed by atoms with Gasteiger partial charge in [0, 0.05) is 10.4 Å². The van der Waals surface area contributed by atoms with Crippen molar-refractivity contribution in [3.05, 3.63) is 61.3 Å². The van der Waals surface area contributed by atoms with E-state index in [2.05, 4.69) is 15.3 Å². The van der Waals surface area contributed by atoms with Gasteiger partial charge in [-0.1, -0.05) is 13.0 Å². The van der Waals surface area contributed by atoms with E-state index in [1.807, 2.05) is 24.4 Å². The maximum absolute atomic E-state index is 12.5. The van der Waals surface area contributed by atoms with Crippen LogP contribution in [0.5, 0.6) is 0 Å². The van der Waals surface area contributed by atoms with E-state index in [0.29, 0.717) is 16.5 Å². The number of carbonyl (C=O) groups is 1. The van der Waals surface area contributed by atoms with E-state index in [0.717, 1.165) is 11.3 Å². The van der Waals surface area contributed by atoms with Crippen LogP contribution in [0.25, 0.3) is 10.9 Å². The van der Waals surface area contributed by atoms with Crippen LogP contribution in [0.1, 0.15) is 34.6 Å². The molecular formula is C16H15N3O2S2. The highest BCUT2D eigenvalue weighted by Gasteiger charge is 2.15. The van der Waals surface area contributed by atoms with Crippen molar-refractivity contribution in [3.63, 3.8) is 0 Å². The fraction of sp³-hybridized carbons (Fsp3) is 0.188. The molecule has 1 aromatic carbocycles. The summed E-state index contributed by atoms with van der Waals surface area (Å²) in [7, 11) is 0. The highest BCUT2D eigenvalue weighted by Crippen LogP contribution is 2.22. The van der Waals surface area contributed by atoms with Gasteiger partial charge in [0.15, 0.2) is 4.77 Å². The van der Waals surface area contributed by atoms with E-state index in [1.54, 1.807) is 29.5 Å². The van der Waals surface area contributed by atoms with Crippen LogP contribution < -0.4 is 10.9 Å². The van der Waals surface area contributed by atoms with Gasteiger partial charge in [0.2, 0.25) is 0 Å². The second-order valence-electron chi connectivity index (χ2n) is 5.12. The van der Waals surface area contributed by atoms with Gasteiger partial charge in [-0.2, -0.15) is 0 Å². The molecule has 2 aromatic heterocycles. The quantitative estimate of drug-likeness (QED) is 0.633. The fourth-order valence-electron chi connectivity index (χ4n) is 2.42. The van der Waals surface area contributed by atoms with Crippen LogP contribution in [0.15, 0.2) is 40.5 Å². The van der Waals surface area contributed by atoms with Gasteiger partial charge in [0.25, 0.3) is 11.5 Å². The lowest BCUT2D eigenvalue weighted by Crippen LogP contribution is -2.27. The second kappa shape index (κ2) is 6.47. The molecular weight excluding hydrogens is 330 g/mol. The number of carbonyl (C=O) groups excluding carboxylic acids is 1. The Morgan fingerprint density at radius 1 is 1.35 bits per heavy atom. The number of nitrogens with one attached hydrogen (secondary N) is 3. The fourth-order valence-corrected chi connectivity index (χ4v) is 3.48. The van der Waals surface area contributed by atoms with Crippen molar-refractivity contribution in [1.29, 1.82) is 0 Å². The van der Waals surface area contributed by atoms with Crippen LogP contribution in [-0.2, 0) is 0 Å².